The van der Waals surface area contributed by atoms with Crippen LogP contribution in [-0.2, 0) is 15.5 Å². The first-order valence-corrected chi connectivity index (χ1v) is 6.38. The summed E-state index contributed by atoms with van der Waals surface area (Å²) in [5, 5.41) is 0. The van der Waals surface area contributed by atoms with E-state index in [0.29, 0.717) is 5.41 Å². The van der Waals surface area contributed by atoms with Crippen LogP contribution in [0.5, 0.6) is 0 Å². The Morgan fingerprint density at radius 1 is 1.00 bits per heavy atom. The normalized spacial score (nSPS) is 20.8. The fourth-order valence-electron chi connectivity index (χ4n) is 2.82. The van der Waals surface area contributed by atoms with Crippen LogP contribution >= 0.6 is 0 Å². The third-order valence-corrected chi connectivity index (χ3v) is 4.13. The standard InChI is InChI=1S/C15H22BO/c1-14(2)8-9-15(3,4)13-10-11(16-17-5)6-7-12(13)14/h6-7,10H,8-9H2,1-5H3. The maximum Gasteiger partial charge on any atom is 0.329 e. The van der Waals surface area contributed by atoms with Crippen molar-refractivity contribution in [1.82, 2.24) is 0 Å². The van der Waals surface area contributed by atoms with Gasteiger partial charge in [0.2, 0.25) is 0 Å². The monoisotopic (exact) mass is 229 g/mol. The average molecular weight is 229 g/mol. The molecule has 0 heterocycles. The fourth-order valence-corrected chi connectivity index (χ4v) is 2.82. The van der Waals surface area contributed by atoms with Gasteiger partial charge >= 0.3 is 7.48 Å². The van der Waals surface area contributed by atoms with Crippen molar-refractivity contribution in [2.75, 3.05) is 7.11 Å². The molecule has 91 valence electrons. The molecule has 1 nitrogen and oxygen atoms in total. The van der Waals surface area contributed by atoms with Gasteiger partial charge in [-0.15, -0.1) is 0 Å². The van der Waals surface area contributed by atoms with Crippen LogP contribution in [0.25, 0.3) is 0 Å². The summed E-state index contributed by atoms with van der Waals surface area (Å²) >= 11 is 0. The van der Waals surface area contributed by atoms with Gasteiger partial charge in [-0.2, -0.15) is 0 Å². The van der Waals surface area contributed by atoms with Crippen molar-refractivity contribution in [2.24, 2.45) is 0 Å². The highest BCUT2D eigenvalue weighted by Gasteiger charge is 2.36. The van der Waals surface area contributed by atoms with Gasteiger partial charge < -0.3 is 4.65 Å². The van der Waals surface area contributed by atoms with E-state index in [0.717, 1.165) is 5.46 Å². The van der Waals surface area contributed by atoms with Gasteiger partial charge in [0.1, 0.15) is 0 Å². The maximum atomic E-state index is 5.11. The molecule has 0 bridgehead atoms. The molecule has 0 amide bonds. The van der Waals surface area contributed by atoms with Gasteiger partial charge in [0.05, 0.1) is 0 Å². The van der Waals surface area contributed by atoms with Gasteiger partial charge in [-0.1, -0.05) is 51.4 Å². The molecule has 0 unspecified atom stereocenters. The van der Waals surface area contributed by atoms with Crippen molar-refractivity contribution in [1.29, 1.82) is 0 Å². The lowest BCUT2D eigenvalue weighted by molar-refractivity contribution is 0.332. The van der Waals surface area contributed by atoms with Crippen molar-refractivity contribution in [3.05, 3.63) is 29.3 Å². The number of fused-ring (bicyclic) bond motifs is 1. The van der Waals surface area contributed by atoms with Crippen LogP contribution in [0.15, 0.2) is 18.2 Å². The molecule has 2 heteroatoms. The second-order valence-electron chi connectivity index (χ2n) is 6.43. The lowest BCUT2D eigenvalue weighted by Crippen LogP contribution is -2.35. The van der Waals surface area contributed by atoms with Crippen LogP contribution in [0.2, 0.25) is 0 Å². The molecular weight excluding hydrogens is 207 g/mol. The second kappa shape index (κ2) is 4.17. The van der Waals surface area contributed by atoms with E-state index in [2.05, 4.69) is 45.9 Å². The quantitative estimate of drug-likeness (QED) is 0.708. The predicted molar refractivity (Wildman–Crippen MR) is 74.1 cm³/mol. The molecule has 1 aromatic carbocycles. The van der Waals surface area contributed by atoms with Crippen molar-refractivity contribution in [3.8, 4) is 0 Å². The van der Waals surface area contributed by atoms with Gasteiger partial charge in [0.15, 0.2) is 0 Å². The number of rotatable bonds is 2. The molecule has 2 rings (SSSR count). The summed E-state index contributed by atoms with van der Waals surface area (Å²) < 4.78 is 5.11. The summed E-state index contributed by atoms with van der Waals surface area (Å²) in [6.45, 7) is 9.39. The van der Waals surface area contributed by atoms with E-state index in [4.69, 9.17) is 4.65 Å². The average Bonchev–Trinajstić information content (AvgIpc) is 2.26. The molecule has 0 atom stereocenters. The molecule has 1 aromatic rings. The van der Waals surface area contributed by atoms with Gasteiger partial charge in [-0.25, -0.2) is 0 Å². The van der Waals surface area contributed by atoms with E-state index < -0.39 is 0 Å². The highest BCUT2D eigenvalue weighted by molar-refractivity contribution is 6.46. The van der Waals surface area contributed by atoms with E-state index in [1.54, 1.807) is 7.11 Å². The fraction of sp³-hybridized carbons (Fsp3) is 0.600. The van der Waals surface area contributed by atoms with E-state index >= 15 is 0 Å². The van der Waals surface area contributed by atoms with Gasteiger partial charge in [0.25, 0.3) is 0 Å². The Hall–Kier alpha value is -0.755. The number of hydrogen-bond donors (Lipinski definition) is 0. The number of hydrogen-bond acceptors (Lipinski definition) is 1. The highest BCUT2D eigenvalue weighted by atomic mass is 16.4. The Labute approximate surface area is 106 Å². The third kappa shape index (κ3) is 2.28. The van der Waals surface area contributed by atoms with Crippen LogP contribution in [0.1, 0.15) is 51.7 Å². The lowest BCUT2D eigenvalue weighted by atomic mass is 9.62. The summed E-state index contributed by atoms with van der Waals surface area (Å²) in [6, 6.07) is 6.73. The summed E-state index contributed by atoms with van der Waals surface area (Å²) in [7, 11) is 3.52. The summed E-state index contributed by atoms with van der Waals surface area (Å²) in [5.74, 6) is 0. The molecule has 0 spiro atoms. The lowest BCUT2D eigenvalue weighted by Gasteiger charge is -2.42. The third-order valence-electron chi connectivity index (χ3n) is 4.13. The minimum absolute atomic E-state index is 0.280. The van der Waals surface area contributed by atoms with Crippen LogP contribution in [-0.4, -0.2) is 14.6 Å². The smallest absolute Gasteiger partial charge is 0.329 e. The van der Waals surface area contributed by atoms with E-state index in [1.807, 2.05) is 7.48 Å². The van der Waals surface area contributed by atoms with Crippen molar-refractivity contribution >= 4 is 12.9 Å². The SMILES string of the molecule is CO[B]c1ccc2c(c1)C(C)(C)CCC2(C)C. The van der Waals surface area contributed by atoms with E-state index in [1.165, 1.54) is 24.0 Å². The molecule has 17 heavy (non-hydrogen) atoms. The van der Waals surface area contributed by atoms with Crippen LogP contribution in [0, 0.1) is 0 Å². The molecule has 1 aliphatic rings. The highest BCUT2D eigenvalue weighted by Crippen LogP contribution is 2.45. The first kappa shape index (κ1) is 12.7. The van der Waals surface area contributed by atoms with E-state index in [9.17, 15) is 0 Å². The molecule has 1 radical (unpaired) electrons. The summed E-state index contributed by atoms with van der Waals surface area (Å²) in [5.41, 5.74) is 4.73. The Balaban J connectivity index is 2.52. The van der Waals surface area contributed by atoms with Crippen LogP contribution < -0.4 is 5.46 Å². The van der Waals surface area contributed by atoms with Crippen molar-refractivity contribution < 1.29 is 4.65 Å². The Kier molecular flexibility index (Phi) is 3.11. The molecule has 1 aliphatic carbocycles. The minimum atomic E-state index is 0.280. The van der Waals surface area contributed by atoms with E-state index in [-0.39, 0.29) is 5.41 Å². The molecular formula is C15H22BO. The first-order valence-electron chi connectivity index (χ1n) is 6.38. The zero-order valence-electron chi connectivity index (χ0n) is 11.6. The Morgan fingerprint density at radius 3 is 2.18 bits per heavy atom. The van der Waals surface area contributed by atoms with Crippen molar-refractivity contribution in [3.63, 3.8) is 0 Å². The Morgan fingerprint density at radius 2 is 1.59 bits per heavy atom. The molecule has 0 N–H and O–H groups in total. The summed E-state index contributed by atoms with van der Waals surface area (Å²) in [4.78, 5) is 0. The van der Waals surface area contributed by atoms with Crippen molar-refractivity contribution in [2.45, 2.75) is 51.4 Å². The number of benzene rings is 1. The zero-order chi connectivity index (χ0) is 12.7. The predicted octanol–water partition coefficient (Wildman–Crippen LogP) is 2.93. The summed E-state index contributed by atoms with van der Waals surface area (Å²) in [6.07, 6.45) is 2.52. The van der Waals surface area contributed by atoms with Gasteiger partial charge in [-0.05, 0) is 34.8 Å². The zero-order valence-corrected chi connectivity index (χ0v) is 11.6. The Bertz CT molecular complexity index is 421. The molecule has 0 fully saturated rings. The first-order chi connectivity index (χ1) is 7.87. The molecule has 0 saturated carbocycles. The molecule has 0 saturated heterocycles. The van der Waals surface area contributed by atoms with Gasteiger partial charge in [0, 0.05) is 7.11 Å². The second-order valence-corrected chi connectivity index (χ2v) is 6.43. The largest absolute Gasteiger partial charge is 0.437 e. The maximum absolute atomic E-state index is 5.11. The molecule has 0 aromatic heterocycles. The minimum Gasteiger partial charge on any atom is -0.437 e. The van der Waals surface area contributed by atoms with Crippen LogP contribution in [0.4, 0.5) is 0 Å². The topological polar surface area (TPSA) is 9.23 Å². The van der Waals surface area contributed by atoms with Crippen LogP contribution in [0.3, 0.4) is 0 Å². The van der Waals surface area contributed by atoms with Gasteiger partial charge in [-0.3, -0.25) is 0 Å². The molecule has 0 aliphatic heterocycles.